The van der Waals surface area contributed by atoms with E-state index in [-0.39, 0.29) is 23.8 Å². The number of aliphatic hydroxyl groups excluding tert-OH is 1. The van der Waals surface area contributed by atoms with Crippen LogP contribution in [0.15, 0.2) is 47.4 Å². The quantitative estimate of drug-likeness (QED) is 0.839. The van der Waals surface area contributed by atoms with Crippen LogP contribution in [0.5, 0.6) is 5.75 Å². The lowest BCUT2D eigenvalue weighted by atomic mass is 10.2. The van der Waals surface area contributed by atoms with Crippen LogP contribution in [0.4, 0.5) is 0 Å². The van der Waals surface area contributed by atoms with Crippen LogP contribution >= 0.6 is 0 Å². The van der Waals surface area contributed by atoms with Crippen molar-refractivity contribution in [3.05, 3.63) is 64.1 Å². The van der Waals surface area contributed by atoms with Gasteiger partial charge < -0.3 is 20.1 Å². The first-order chi connectivity index (χ1) is 10.1. The van der Waals surface area contributed by atoms with E-state index < -0.39 is 0 Å². The highest BCUT2D eigenvalue weighted by atomic mass is 16.5. The van der Waals surface area contributed by atoms with E-state index >= 15 is 0 Å². The van der Waals surface area contributed by atoms with Gasteiger partial charge in [-0.1, -0.05) is 30.3 Å². The average Bonchev–Trinajstić information content (AvgIpc) is 2.47. The summed E-state index contributed by atoms with van der Waals surface area (Å²) in [5.41, 5.74) is 7.06. The first kappa shape index (κ1) is 15.3. The molecule has 0 bridgehead atoms. The molecule has 2 aromatic rings. The normalized spacial score (nSPS) is 12.1. The molecule has 0 fully saturated rings. The highest BCUT2D eigenvalue weighted by molar-refractivity contribution is 5.23. The number of benzene rings is 1. The molecule has 5 nitrogen and oxygen atoms in total. The predicted molar refractivity (Wildman–Crippen MR) is 81.0 cm³/mol. The highest BCUT2D eigenvalue weighted by Crippen LogP contribution is 2.10. The third-order valence-electron chi connectivity index (χ3n) is 3.07. The fraction of sp³-hybridized carbons (Fsp3) is 0.312. The van der Waals surface area contributed by atoms with Crippen molar-refractivity contribution in [3.8, 4) is 5.75 Å². The standard InChI is InChI=1S/C16H20N2O3/c1-12(17)8-18-9-16(15(20)7-14(18)10-19)21-11-13-5-3-2-4-6-13/h2-7,9,12,19H,8,10-11,17H2,1H3. The van der Waals surface area contributed by atoms with E-state index in [1.807, 2.05) is 37.3 Å². The lowest BCUT2D eigenvalue weighted by molar-refractivity contribution is 0.264. The largest absolute Gasteiger partial charge is 0.483 e. The molecule has 1 unspecified atom stereocenters. The molecule has 0 spiro atoms. The molecule has 0 saturated heterocycles. The Labute approximate surface area is 123 Å². The van der Waals surface area contributed by atoms with Crippen molar-refractivity contribution in [3.63, 3.8) is 0 Å². The number of nitrogens with two attached hydrogens (primary N) is 1. The van der Waals surface area contributed by atoms with Crippen molar-refractivity contribution >= 4 is 0 Å². The zero-order chi connectivity index (χ0) is 15.2. The Hall–Kier alpha value is -2.11. The second kappa shape index (κ2) is 7.06. The van der Waals surface area contributed by atoms with Gasteiger partial charge >= 0.3 is 0 Å². The third kappa shape index (κ3) is 4.18. The van der Waals surface area contributed by atoms with Crippen molar-refractivity contribution in [2.45, 2.75) is 32.7 Å². The molecule has 1 aromatic heterocycles. The molecule has 0 aliphatic carbocycles. The predicted octanol–water partition coefficient (Wildman–Crippen LogP) is 1.27. The minimum absolute atomic E-state index is 0.0835. The van der Waals surface area contributed by atoms with Gasteiger partial charge in [-0.3, -0.25) is 4.79 Å². The van der Waals surface area contributed by atoms with Crippen LogP contribution in [0, 0.1) is 0 Å². The molecular formula is C16H20N2O3. The van der Waals surface area contributed by atoms with E-state index in [2.05, 4.69) is 0 Å². The van der Waals surface area contributed by atoms with Crippen molar-refractivity contribution < 1.29 is 9.84 Å². The molecule has 2 rings (SSSR count). The van der Waals surface area contributed by atoms with Crippen LogP contribution in [-0.2, 0) is 19.8 Å². The Balaban J connectivity index is 2.20. The van der Waals surface area contributed by atoms with Gasteiger partial charge in [-0.25, -0.2) is 0 Å². The summed E-state index contributed by atoms with van der Waals surface area (Å²) in [7, 11) is 0. The first-order valence-electron chi connectivity index (χ1n) is 6.86. The molecular weight excluding hydrogens is 268 g/mol. The third-order valence-corrected chi connectivity index (χ3v) is 3.07. The van der Waals surface area contributed by atoms with Crippen molar-refractivity contribution in [1.82, 2.24) is 4.57 Å². The van der Waals surface area contributed by atoms with Crippen LogP contribution in [0.25, 0.3) is 0 Å². The second-order valence-electron chi connectivity index (χ2n) is 5.06. The van der Waals surface area contributed by atoms with Gasteiger partial charge in [0.05, 0.1) is 12.8 Å². The molecule has 1 aromatic carbocycles. The molecule has 112 valence electrons. The maximum absolute atomic E-state index is 12.0. The fourth-order valence-electron chi connectivity index (χ4n) is 2.05. The molecule has 0 radical (unpaired) electrons. The van der Waals surface area contributed by atoms with Crippen molar-refractivity contribution in [1.29, 1.82) is 0 Å². The summed E-state index contributed by atoms with van der Waals surface area (Å²) in [6.07, 6.45) is 1.61. The van der Waals surface area contributed by atoms with Crippen LogP contribution in [0.3, 0.4) is 0 Å². The molecule has 0 saturated carbocycles. The molecule has 0 aliphatic rings. The van der Waals surface area contributed by atoms with Gasteiger partial charge in [-0.2, -0.15) is 0 Å². The number of hydrogen-bond acceptors (Lipinski definition) is 4. The summed E-state index contributed by atoms with van der Waals surface area (Å²) in [5, 5.41) is 9.31. The van der Waals surface area contributed by atoms with E-state index in [4.69, 9.17) is 10.5 Å². The van der Waals surface area contributed by atoms with Gasteiger partial charge in [-0.05, 0) is 12.5 Å². The number of aliphatic hydroxyl groups is 1. The number of ether oxygens (including phenoxy) is 1. The monoisotopic (exact) mass is 288 g/mol. The molecule has 0 aliphatic heterocycles. The Morgan fingerprint density at radius 2 is 2.05 bits per heavy atom. The summed E-state index contributed by atoms with van der Waals surface area (Å²) in [6.45, 7) is 2.50. The minimum atomic E-state index is -0.240. The average molecular weight is 288 g/mol. The maximum atomic E-state index is 12.0. The van der Waals surface area contributed by atoms with Crippen LogP contribution in [0.2, 0.25) is 0 Å². The van der Waals surface area contributed by atoms with E-state index in [1.54, 1.807) is 10.8 Å². The summed E-state index contributed by atoms with van der Waals surface area (Å²) in [4.78, 5) is 12.0. The van der Waals surface area contributed by atoms with E-state index in [0.29, 0.717) is 18.8 Å². The Morgan fingerprint density at radius 3 is 2.67 bits per heavy atom. The van der Waals surface area contributed by atoms with E-state index in [1.165, 1.54) is 6.07 Å². The summed E-state index contributed by atoms with van der Waals surface area (Å²) in [6, 6.07) is 10.9. The summed E-state index contributed by atoms with van der Waals surface area (Å²) >= 11 is 0. The van der Waals surface area contributed by atoms with Gasteiger partial charge in [0.25, 0.3) is 0 Å². The lowest BCUT2D eigenvalue weighted by Gasteiger charge is -2.16. The van der Waals surface area contributed by atoms with Crippen LogP contribution < -0.4 is 15.9 Å². The zero-order valence-corrected chi connectivity index (χ0v) is 12.0. The SMILES string of the molecule is CC(N)Cn1cc(OCc2ccccc2)c(=O)cc1CO. The zero-order valence-electron chi connectivity index (χ0n) is 12.0. The summed E-state index contributed by atoms with van der Waals surface area (Å²) < 4.78 is 7.35. The molecule has 1 atom stereocenters. The van der Waals surface area contributed by atoms with Gasteiger partial charge in [0.2, 0.25) is 5.43 Å². The molecule has 1 heterocycles. The molecule has 0 amide bonds. The smallest absolute Gasteiger partial charge is 0.223 e. The van der Waals surface area contributed by atoms with Gasteiger partial charge in [0, 0.05) is 24.3 Å². The van der Waals surface area contributed by atoms with Crippen LogP contribution in [0.1, 0.15) is 18.2 Å². The topological polar surface area (TPSA) is 77.5 Å². The molecule has 21 heavy (non-hydrogen) atoms. The van der Waals surface area contributed by atoms with Crippen LogP contribution in [-0.4, -0.2) is 15.7 Å². The van der Waals surface area contributed by atoms with Gasteiger partial charge in [0.1, 0.15) is 6.61 Å². The highest BCUT2D eigenvalue weighted by Gasteiger charge is 2.09. The number of aromatic nitrogens is 1. The number of rotatable bonds is 6. The molecule has 5 heteroatoms. The molecule has 3 N–H and O–H groups in total. The Kier molecular flexibility index (Phi) is 5.14. The van der Waals surface area contributed by atoms with Gasteiger partial charge in [0.15, 0.2) is 5.75 Å². The first-order valence-corrected chi connectivity index (χ1v) is 6.86. The maximum Gasteiger partial charge on any atom is 0.223 e. The second-order valence-corrected chi connectivity index (χ2v) is 5.06. The Bertz CT molecular complexity index is 636. The van der Waals surface area contributed by atoms with Crippen molar-refractivity contribution in [2.24, 2.45) is 5.73 Å². The fourth-order valence-corrected chi connectivity index (χ4v) is 2.05. The number of nitrogens with zero attached hydrogens (tertiary/aromatic N) is 1. The lowest BCUT2D eigenvalue weighted by Crippen LogP contribution is -2.25. The minimum Gasteiger partial charge on any atom is -0.483 e. The van der Waals surface area contributed by atoms with E-state index in [9.17, 15) is 9.90 Å². The Morgan fingerprint density at radius 1 is 1.33 bits per heavy atom. The number of hydrogen-bond donors (Lipinski definition) is 2. The number of pyridine rings is 1. The van der Waals surface area contributed by atoms with Gasteiger partial charge in [-0.15, -0.1) is 0 Å². The van der Waals surface area contributed by atoms with Crippen molar-refractivity contribution in [2.75, 3.05) is 0 Å². The summed E-state index contributed by atoms with van der Waals surface area (Å²) in [5.74, 6) is 0.261. The van der Waals surface area contributed by atoms with E-state index in [0.717, 1.165) is 5.56 Å².